The number of sulfonamides is 1. The molecule has 1 atom stereocenters. The molecule has 1 aliphatic heterocycles. The van der Waals surface area contributed by atoms with Crippen molar-refractivity contribution in [2.45, 2.75) is 24.8 Å². The fourth-order valence-corrected chi connectivity index (χ4v) is 5.03. The van der Waals surface area contributed by atoms with Crippen LogP contribution in [0.2, 0.25) is 0 Å². The highest BCUT2D eigenvalue weighted by Gasteiger charge is 2.31. The molecule has 178 valence electrons. The minimum Gasteiger partial charge on any atom is -0.486 e. The van der Waals surface area contributed by atoms with Crippen LogP contribution in [0.3, 0.4) is 0 Å². The summed E-state index contributed by atoms with van der Waals surface area (Å²) in [5, 5.41) is 4.23. The summed E-state index contributed by atoms with van der Waals surface area (Å²) in [4.78, 5) is 35.9. The Hall–Kier alpha value is -3.16. The van der Waals surface area contributed by atoms with Crippen molar-refractivity contribution in [2.24, 2.45) is 11.7 Å². The minimum atomic E-state index is -4.11. The lowest BCUT2D eigenvalue weighted by Gasteiger charge is -2.22. The molecule has 2 heterocycles. The van der Waals surface area contributed by atoms with Crippen LogP contribution in [0, 0.1) is 5.92 Å². The van der Waals surface area contributed by atoms with E-state index in [-0.39, 0.29) is 21.2 Å². The zero-order valence-corrected chi connectivity index (χ0v) is 19.5. The highest BCUT2D eigenvalue weighted by Crippen LogP contribution is 2.32. The molecule has 0 unspecified atom stereocenters. The van der Waals surface area contributed by atoms with Crippen molar-refractivity contribution in [3.63, 3.8) is 0 Å². The van der Waals surface area contributed by atoms with E-state index in [1.165, 1.54) is 24.3 Å². The van der Waals surface area contributed by atoms with E-state index >= 15 is 0 Å². The van der Waals surface area contributed by atoms with Gasteiger partial charge in [0, 0.05) is 6.07 Å². The molecule has 1 aromatic heterocycles. The van der Waals surface area contributed by atoms with E-state index in [1.54, 1.807) is 19.2 Å². The van der Waals surface area contributed by atoms with Gasteiger partial charge in [0.2, 0.25) is 10.0 Å². The minimum absolute atomic E-state index is 0.111. The summed E-state index contributed by atoms with van der Waals surface area (Å²) >= 11 is 1.08. The number of esters is 1. The van der Waals surface area contributed by atoms with Gasteiger partial charge in [-0.15, -0.1) is 11.3 Å². The van der Waals surface area contributed by atoms with Gasteiger partial charge in [-0.05, 0) is 29.5 Å². The summed E-state index contributed by atoms with van der Waals surface area (Å²) in [5.74, 6) is -2.11. The summed E-state index contributed by atoms with van der Waals surface area (Å²) in [6, 6.07) is 4.32. The molecule has 0 fully saturated rings. The third-order valence-electron chi connectivity index (χ3n) is 4.56. The number of ether oxygens (including phenoxy) is 3. The summed E-state index contributed by atoms with van der Waals surface area (Å²) in [6.45, 7) is 3.23. The molecule has 0 radical (unpaired) electrons. The van der Waals surface area contributed by atoms with Gasteiger partial charge in [-0.1, -0.05) is 13.8 Å². The average molecular weight is 498 g/mol. The van der Waals surface area contributed by atoms with E-state index in [4.69, 9.17) is 19.9 Å². The molecule has 11 nitrogen and oxygen atoms in total. The lowest BCUT2D eigenvalue weighted by Crippen LogP contribution is -2.45. The van der Waals surface area contributed by atoms with Gasteiger partial charge >= 0.3 is 5.97 Å². The molecule has 0 saturated carbocycles. The van der Waals surface area contributed by atoms with Gasteiger partial charge in [-0.25, -0.2) is 8.42 Å². The number of primary amides is 1. The zero-order chi connectivity index (χ0) is 24.2. The van der Waals surface area contributed by atoms with E-state index in [2.05, 4.69) is 10.0 Å². The van der Waals surface area contributed by atoms with Crippen molar-refractivity contribution in [1.82, 2.24) is 4.72 Å². The van der Waals surface area contributed by atoms with Crippen LogP contribution in [0.4, 0.5) is 5.00 Å². The summed E-state index contributed by atoms with van der Waals surface area (Å²) in [6.07, 6.45) is 0. The lowest BCUT2D eigenvalue weighted by atomic mass is 10.1. The molecule has 13 heteroatoms. The molecule has 0 aliphatic carbocycles. The maximum atomic E-state index is 12.9. The first kappa shape index (κ1) is 24.5. The molecular formula is C20H23N3O8S2. The van der Waals surface area contributed by atoms with Crippen LogP contribution in [0.15, 0.2) is 34.5 Å². The second kappa shape index (κ2) is 10.2. The number of nitrogens with one attached hydrogen (secondary N) is 2. The third kappa shape index (κ3) is 6.00. The number of hydrogen-bond acceptors (Lipinski definition) is 9. The second-order valence-electron chi connectivity index (χ2n) is 7.33. The number of nitrogens with two attached hydrogens (primary N) is 1. The van der Waals surface area contributed by atoms with Crippen LogP contribution in [-0.4, -0.2) is 52.1 Å². The van der Waals surface area contributed by atoms with Gasteiger partial charge in [0.1, 0.15) is 24.3 Å². The Balaban J connectivity index is 1.64. The maximum absolute atomic E-state index is 12.9. The number of carbonyl (C=O) groups is 3. The summed E-state index contributed by atoms with van der Waals surface area (Å²) < 4.78 is 43.8. The fourth-order valence-electron chi connectivity index (χ4n) is 2.87. The van der Waals surface area contributed by atoms with Gasteiger partial charge in [0.05, 0.1) is 10.5 Å². The van der Waals surface area contributed by atoms with Gasteiger partial charge in [-0.2, -0.15) is 4.72 Å². The summed E-state index contributed by atoms with van der Waals surface area (Å²) in [5.41, 5.74) is 5.36. The predicted molar refractivity (Wildman–Crippen MR) is 119 cm³/mol. The largest absolute Gasteiger partial charge is 0.486 e. The van der Waals surface area contributed by atoms with Crippen LogP contribution >= 0.6 is 11.3 Å². The standard InChI is InChI=1S/C20H23N3O8S2/c1-11(2)17(20(26)31-10-16(24)22-19-13(18(21)25)5-8-32-19)23-33(27,28)12-3-4-14-15(9-12)30-7-6-29-14/h3-5,8-9,11,17,23H,6-7,10H2,1-2H3,(H2,21,25)(H,22,24)/t17-/m1/s1. The van der Waals surface area contributed by atoms with Crippen molar-refractivity contribution in [3.05, 3.63) is 35.2 Å². The molecule has 0 saturated heterocycles. The summed E-state index contributed by atoms with van der Waals surface area (Å²) in [7, 11) is -4.11. The Morgan fingerprint density at radius 3 is 2.52 bits per heavy atom. The van der Waals surface area contributed by atoms with Crippen LogP contribution in [0.5, 0.6) is 11.5 Å². The number of rotatable bonds is 9. The molecular weight excluding hydrogens is 474 g/mol. The lowest BCUT2D eigenvalue weighted by molar-refractivity contribution is -0.150. The first-order valence-corrected chi connectivity index (χ1v) is 12.2. The molecule has 0 spiro atoms. The van der Waals surface area contributed by atoms with Crippen molar-refractivity contribution in [1.29, 1.82) is 0 Å². The Morgan fingerprint density at radius 1 is 1.15 bits per heavy atom. The van der Waals surface area contributed by atoms with Crippen LogP contribution in [0.1, 0.15) is 24.2 Å². The molecule has 4 N–H and O–H groups in total. The van der Waals surface area contributed by atoms with Crippen molar-refractivity contribution in [2.75, 3.05) is 25.1 Å². The normalized spacial score (nSPS) is 13.9. The predicted octanol–water partition coefficient (Wildman–Crippen LogP) is 1.10. The monoisotopic (exact) mass is 497 g/mol. The Morgan fingerprint density at radius 2 is 1.85 bits per heavy atom. The number of fused-ring (bicyclic) bond motifs is 1. The Bertz CT molecular complexity index is 1160. The van der Waals surface area contributed by atoms with E-state index in [1.807, 2.05) is 0 Å². The topological polar surface area (TPSA) is 163 Å². The first-order chi connectivity index (χ1) is 15.6. The highest BCUT2D eigenvalue weighted by atomic mass is 32.2. The Kier molecular flexibility index (Phi) is 7.56. The van der Waals surface area contributed by atoms with E-state index < -0.39 is 46.4 Å². The quantitative estimate of drug-likeness (QED) is 0.434. The number of thiophene rings is 1. The molecule has 2 aromatic rings. The third-order valence-corrected chi connectivity index (χ3v) is 6.82. The zero-order valence-electron chi connectivity index (χ0n) is 17.8. The first-order valence-electron chi connectivity index (χ1n) is 9.84. The molecule has 1 aliphatic rings. The second-order valence-corrected chi connectivity index (χ2v) is 9.96. The van der Waals surface area contributed by atoms with Gasteiger partial charge in [-0.3, -0.25) is 14.4 Å². The molecule has 1 aromatic carbocycles. The molecule has 3 rings (SSSR count). The van der Waals surface area contributed by atoms with Gasteiger partial charge in [0.15, 0.2) is 18.1 Å². The highest BCUT2D eigenvalue weighted by molar-refractivity contribution is 7.89. The smallest absolute Gasteiger partial charge is 0.324 e. The van der Waals surface area contributed by atoms with Crippen molar-refractivity contribution in [3.8, 4) is 11.5 Å². The van der Waals surface area contributed by atoms with E-state index in [0.717, 1.165) is 11.3 Å². The van der Waals surface area contributed by atoms with Gasteiger partial charge in [0.25, 0.3) is 11.8 Å². The van der Waals surface area contributed by atoms with Crippen LogP contribution in [0.25, 0.3) is 0 Å². The average Bonchev–Trinajstić information content (AvgIpc) is 3.23. The van der Waals surface area contributed by atoms with Crippen LogP contribution < -0.4 is 25.2 Å². The number of carbonyl (C=O) groups excluding carboxylic acids is 3. The number of benzene rings is 1. The van der Waals surface area contributed by atoms with E-state index in [0.29, 0.717) is 19.0 Å². The van der Waals surface area contributed by atoms with Crippen molar-refractivity contribution >= 4 is 44.1 Å². The number of hydrogen-bond donors (Lipinski definition) is 3. The maximum Gasteiger partial charge on any atom is 0.324 e. The van der Waals surface area contributed by atoms with Crippen molar-refractivity contribution < 1.29 is 37.0 Å². The molecule has 2 amide bonds. The molecule has 33 heavy (non-hydrogen) atoms. The fraction of sp³-hybridized carbons (Fsp3) is 0.350. The number of amides is 2. The van der Waals surface area contributed by atoms with Crippen LogP contribution in [-0.2, 0) is 24.3 Å². The number of anilines is 1. The van der Waals surface area contributed by atoms with Gasteiger partial charge < -0.3 is 25.3 Å². The van der Waals surface area contributed by atoms with E-state index in [9.17, 15) is 22.8 Å². The Labute approximate surface area is 194 Å². The molecule has 0 bridgehead atoms. The SMILES string of the molecule is CC(C)[C@@H](NS(=O)(=O)c1ccc2c(c1)OCCO2)C(=O)OCC(=O)Nc1sccc1C(N)=O.